The van der Waals surface area contributed by atoms with Gasteiger partial charge in [-0.25, -0.2) is 9.59 Å². The highest BCUT2D eigenvalue weighted by Crippen LogP contribution is 2.30. The van der Waals surface area contributed by atoms with Gasteiger partial charge < -0.3 is 9.52 Å². The molecule has 3 rings (SSSR count). The molecule has 0 fully saturated rings. The molecule has 0 unspecified atom stereocenters. The first-order valence-electron chi connectivity index (χ1n) is 6.48. The minimum atomic E-state index is -1.10. The number of hydrogen-bond donors (Lipinski definition) is 1. The number of carboxylic acid groups (broad SMARTS) is 1. The van der Waals surface area contributed by atoms with Crippen molar-refractivity contribution in [3.05, 3.63) is 51.1 Å². The fraction of sp³-hybridized carbons (Fsp3) is 0.188. The summed E-state index contributed by atoms with van der Waals surface area (Å²) in [7, 11) is 0. The molecule has 0 aliphatic heterocycles. The van der Waals surface area contributed by atoms with Gasteiger partial charge >= 0.3 is 11.6 Å². The number of pyridine rings is 1. The van der Waals surface area contributed by atoms with Crippen LogP contribution in [0, 0.1) is 20.8 Å². The Balaban J connectivity index is 2.77. The predicted octanol–water partition coefficient (Wildman–Crippen LogP) is 2.96. The maximum absolute atomic E-state index is 12.3. The Bertz CT molecular complexity index is 970. The average molecular weight is 283 g/mol. The Morgan fingerprint density at radius 3 is 2.52 bits per heavy atom. The Kier molecular flexibility index (Phi) is 2.79. The largest absolute Gasteiger partial charge is 0.478 e. The lowest BCUT2D eigenvalue weighted by Gasteiger charge is -2.11. The van der Waals surface area contributed by atoms with E-state index in [4.69, 9.17) is 4.42 Å². The SMILES string of the molecule is Cc1nc(C)c2c(=O)oc3c(C)cccc3c2c1C(=O)O. The van der Waals surface area contributed by atoms with Crippen LogP contribution in [0.3, 0.4) is 0 Å². The molecule has 106 valence electrons. The van der Waals surface area contributed by atoms with Gasteiger partial charge in [0.15, 0.2) is 0 Å². The van der Waals surface area contributed by atoms with Crippen LogP contribution in [0.5, 0.6) is 0 Å². The van der Waals surface area contributed by atoms with E-state index in [1.54, 1.807) is 19.9 Å². The zero-order valence-corrected chi connectivity index (χ0v) is 11.9. The lowest BCUT2D eigenvalue weighted by molar-refractivity contribution is 0.0698. The monoisotopic (exact) mass is 283 g/mol. The third-order valence-electron chi connectivity index (χ3n) is 3.65. The molecule has 0 radical (unpaired) electrons. The summed E-state index contributed by atoms with van der Waals surface area (Å²) >= 11 is 0. The molecule has 0 aliphatic rings. The molecular weight excluding hydrogens is 270 g/mol. The first kappa shape index (κ1) is 13.3. The van der Waals surface area contributed by atoms with E-state index < -0.39 is 11.6 Å². The van der Waals surface area contributed by atoms with E-state index in [2.05, 4.69) is 4.98 Å². The van der Waals surface area contributed by atoms with Crippen molar-refractivity contribution in [2.24, 2.45) is 0 Å². The fourth-order valence-electron chi connectivity index (χ4n) is 2.76. The summed E-state index contributed by atoms with van der Waals surface area (Å²) in [5, 5.41) is 10.8. The third kappa shape index (κ3) is 1.81. The Morgan fingerprint density at radius 2 is 1.86 bits per heavy atom. The minimum Gasteiger partial charge on any atom is -0.478 e. The maximum atomic E-state index is 12.3. The molecule has 2 heterocycles. The molecule has 2 aromatic heterocycles. The number of carbonyl (C=O) groups is 1. The van der Waals surface area contributed by atoms with Gasteiger partial charge in [0, 0.05) is 10.8 Å². The number of hydrogen-bond acceptors (Lipinski definition) is 4. The van der Waals surface area contributed by atoms with Crippen LogP contribution < -0.4 is 5.63 Å². The number of carboxylic acids is 1. The summed E-state index contributed by atoms with van der Waals surface area (Å²) in [5.41, 5.74) is 1.57. The third-order valence-corrected chi connectivity index (χ3v) is 3.65. The minimum absolute atomic E-state index is 0.0547. The zero-order chi connectivity index (χ0) is 15.3. The van der Waals surface area contributed by atoms with E-state index in [0.29, 0.717) is 27.7 Å². The Morgan fingerprint density at radius 1 is 1.14 bits per heavy atom. The summed E-state index contributed by atoms with van der Waals surface area (Å²) in [6.45, 7) is 5.13. The van der Waals surface area contributed by atoms with Crippen LogP contribution >= 0.6 is 0 Å². The van der Waals surface area contributed by atoms with Crippen LogP contribution in [0.1, 0.15) is 27.3 Å². The van der Waals surface area contributed by atoms with E-state index in [1.165, 1.54) is 0 Å². The molecule has 5 nitrogen and oxygen atoms in total. The van der Waals surface area contributed by atoms with Crippen molar-refractivity contribution < 1.29 is 14.3 Å². The lowest BCUT2D eigenvalue weighted by Crippen LogP contribution is -2.11. The van der Waals surface area contributed by atoms with Crippen LogP contribution in [-0.2, 0) is 0 Å². The van der Waals surface area contributed by atoms with Crippen molar-refractivity contribution in [1.82, 2.24) is 4.98 Å². The van der Waals surface area contributed by atoms with Gasteiger partial charge in [-0.05, 0) is 26.3 Å². The van der Waals surface area contributed by atoms with Crippen molar-refractivity contribution in [3.8, 4) is 0 Å². The van der Waals surface area contributed by atoms with Gasteiger partial charge in [-0.1, -0.05) is 18.2 Å². The summed E-state index contributed by atoms with van der Waals surface area (Å²) in [6, 6.07) is 5.39. The molecule has 0 saturated carbocycles. The topological polar surface area (TPSA) is 80.4 Å². The molecule has 3 aromatic rings. The molecule has 0 aliphatic carbocycles. The van der Waals surface area contributed by atoms with Gasteiger partial charge in [-0.3, -0.25) is 4.98 Å². The predicted molar refractivity (Wildman–Crippen MR) is 79.0 cm³/mol. The molecule has 0 saturated heterocycles. The van der Waals surface area contributed by atoms with Crippen LogP contribution in [0.2, 0.25) is 0 Å². The highest BCUT2D eigenvalue weighted by atomic mass is 16.4. The number of aryl methyl sites for hydroxylation is 3. The molecule has 1 aromatic carbocycles. The zero-order valence-electron chi connectivity index (χ0n) is 11.9. The van der Waals surface area contributed by atoms with Crippen molar-refractivity contribution in [1.29, 1.82) is 0 Å². The molecule has 5 heteroatoms. The van der Waals surface area contributed by atoms with Gasteiger partial charge in [0.05, 0.1) is 22.3 Å². The van der Waals surface area contributed by atoms with Crippen molar-refractivity contribution >= 4 is 27.7 Å². The van der Waals surface area contributed by atoms with Crippen molar-refractivity contribution in [3.63, 3.8) is 0 Å². The van der Waals surface area contributed by atoms with Gasteiger partial charge in [0.1, 0.15) is 5.58 Å². The normalized spacial score (nSPS) is 11.2. The van der Waals surface area contributed by atoms with Crippen molar-refractivity contribution in [2.45, 2.75) is 20.8 Å². The fourth-order valence-corrected chi connectivity index (χ4v) is 2.76. The lowest BCUT2D eigenvalue weighted by atomic mass is 9.99. The van der Waals surface area contributed by atoms with E-state index in [1.807, 2.05) is 19.1 Å². The van der Waals surface area contributed by atoms with Gasteiger partial charge in [0.25, 0.3) is 0 Å². The Labute approximate surface area is 119 Å². The highest BCUT2D eigenvalue weighted by Gasteiger charge is 2.21. The quantitative estimate of drug-likeness (QED) is 0.548. The molecule has 0 spiro atoms. The number of nitrogens with zero attached hydrogens (tertiary/aromatic N) is 1. The van der Waals surface area contributed by atoms with Crippen LogP contribution in [0.25, 0.3) is 21.7 Å². The molecule has 0 bridgehead atoms. The van der Waals surface area contributed by atoms with Gasteiger partial charge in [-0.15, -0.1) is 0 Å². The second kappa shape index (κ2) is 4.41. The molecule has 0 amide bonds. The van der Waals surface area contributed by atoms with Crippen LogP contribution in [0.15, 0.2) is 27.4 Å². The van der Waals surface area contributed by atoms with E-state index in [9.17, 15) is 14.7 Å². The van der Waals surface area contributed by atoms with Gasteiger partial charge in [-0.2, -0.15) is 0 Å². The standard InChI is InChI=1S/C16H13NO4/c1-7-5-4-6-10-13-11(15(18)19)8(2)17-9(3)12(13)16(20)21-14(7)10/h4-6H,1-3H3,(H,18,19). The number of aromatic carboxylic acids is 1. The molecule has 21 heavy (non-hydrogen) atoms. The smallest absolute Gasteiger partial charge is 0.346 e. The van der Waals surface area contributed by atoms with E-state index in [0.717, 1.165) is 5.56 Å². The van der Waals surface area contributed by atoms with E-state index >= 15 is 0 Å². The number of benzene rings is 1. The second-order valence-corrected chi connectivity index (χ2v) is 5.05. The average Bonchev–Trinajstić information content (AvgIpc) is 2.39. The molecular formula is C16H13NO4. The first-order valence-corrected chi connectivity index (χ1v) is 6.48. The summed E-state index contributed by atoms with van der Waals surface area (Å²) in [6.07, 6.45) is 0. The number of aromatic nitrogens is 1. The summed E-state index contributed by atoms with van der Waals surface area (Å²) in [4.78, 5) is 28.0. The maximum Gasteiger partial charge on any atom is 0.346 e. The first-order chi connectivity index (χ1) is 9.91. The Hall–Kier alpha value is -2.69. The molecule has 0 atom stereocenters. The summed E-state index contributed by atoms with van der Waals surface area (Å²) in [5.74, 6) is -1.10. The van der Waals surface area contributed by atoms with E-state index in [-0.39, 0.29) is 10.9 Å². The van der Waals surface area contributed by atoms with Crippen LogP contribution in [0.4, 0.5) is 0 Å². The molecule has 1 N–H and O–H groups in total. The number of fused-ring (bicyclic) bond motifs is 3. The van der Waals surface area contributed by atoms with Crippen LogP contribution in [-0.4, -0.2) is 16.1 Å². The van der Waals surface area contributed by atoms with Crippen molar-refractivity contribution in [2.75, 3.05) is 0 Å². The second-order valence-electron chi connectivity index (χ2n) is 5.05. The highest BCUT2D eigenvalue weighted by molar-refractivity contribution is 6.15. The summed E-state index contributed by atoms with van der Waals surface area (Å²) < 4.78 is 5.37. The number of rotatable bonds is 1. The number of para-hydroxylation sites is 1. The van der Waals surface area contributed by atoms with Gasteiger partial charge in [0.2, 0.25) is 0 Å².